The van der Waals surface area contributed by atoms with Crippen LogP contribution in [0.1, 0.15) is 31.2 Å². The molecule has 0 aromatic heterocycles. The Kier molecular flexibility index (Phi) is 2.31. The van der Waals surface area contributed by atoms with E-state index >= 15 is 0 Å². The molecule has 16 heavy (non-hydrogen) atoms. The van der Waals surface area contributed by atoms with Crippen LogP contribution in [0, 0.1) is 18.8 Å². The second-order valence-corrected chi connectivity index (χ2v) is 5.52. The van der Waals surface area contributed by atoms with Crippen molar-refractivity contribution in [2.45, 2.75) is 38.6 Å². The molecule has 0 aliphatic heterocycles. The van der Waals surface area contributed by atoms with Crippen LogP contribution in [0.2, 0.25) is 0 Å². The monoisotopic (exact) mass is 216 g/mol. The van der Waals surface area contributed by atoms with Gasteiger partial charge in [0, 0.05) is 6.04 Å². The van der Waals surface area contributed by atoms with Crippen molar-refractivity contribution in [2.24, 2.45) is 11.8 Å². The van der Waals surface area contributed by atoms with Gasteiger partial charge in [0.15, 0.2) is 0 Å². The predicted molar refractivity (Wildman–Crippen MR) is 68.5 cm³/mol. The van der Waals surface area contributed by atoms with Crippen LogP contribution in [0.25, 0.3) is 0 Å². The molecule has 0 radical (unpaired) electrons. The summed E-state index contributed by atoms with van der Waals surface area (Å²) in [6, 6.07) is 6.91. The van der Waals surface area contributed by atoms with Crippen molar-refractivity contribution >= 4 is 11.4 Å². The van der Waals surface area contributed by atoms with E-state index in [4.69, 9.17) is 5.73 Å². The first-order chi connectivity index (χ1) is 7.72. The van der Waals surface area contributed by atoms with Gasteiger partial charge in [-0.3, -0.25) is 0 Å². The molecule has 3 N–H and O–H groups in total. The summed E-state index contributed by atoms with van der Waals surface area (Å²) in [6.45, 7) is 2.12. The van der Waals surface area contributed by atoms with E-state index in [1.807, 2.05) is 6.07 Å². The van der Waals surface area contributed by atoms with E-state index in [9.17, 15) is 0 Å². The predicted octanol–water partition coefficient (Wildman–Crippen LogP) is 3.18. The van der Waals surface area contributed by atoms with Crippen LogP contribution < -0.4 is 11.1 Å². The van der Waals surface area contributed by atoms with Crippen LogP contribution in [0.15, 0.2) is 18.2 Å². The highest BCUT2D eigenvalue weighted by Gasteiger charge is 2.39. The molecule has 2 bridgehead atoms. The summed E-state index contributed by atoms with van der Waals surface area (Å²) in [5, 5.41) is 3.66. The van der Waals surface area contributed by atoms with Gasteiger partial charge < -0.3 is 11.1 Å². The van der Waals surface area contributed by atoms with Crippen LogP contribution in [-0.2, 0) is 0 Å². The minimum Gasteiger partial charge on any atom is -0.397 e. The van der Waals surface area contributed by atoms with Gasteiger partial charge in [0.25, 0.3) is 0 Å². The largest absolute Gasteiger partial charge is 0.397 e. The number of nitrogens with one attached hydrogen (secondary N) is 1. The highest BCUT2D eigenvalue weighted by atomic mass is 15.0. The highest BCUT2D eigenvalue weighted by Crippen LogP contribution is 2.45. The Bertz CT molecular complexity index is 400. The minimum absolute atomic E-state index is 0.669. The number of nitrogens with two attached hydrogens (primary N) is 1. The number of benzene rings is 1. The first-order valence-electron chi connectivity index (χ1n) is 6.35. The molecule has 0 spiro atoms. The number of nitrogen functional groups attached to an aromatic ring is 1. The van der Waals surface area contributed by atoms with Crippen molar-refractivity contribution in [1.29, 1.82) is 0 Å². The number of fused-ring (bicyclic) bond motifs is 2. The molecular formula is C14H20N2. The molecular weight excluding hydrogens is 196 g/mol. The summed E-state index contributed by atoms with van der Waals surface area (Å²) in [7, 11) is 0. The summed E-state index contributed by atoms with van der Waals surface area (Å²) in [6.07, 6.45) is 5.64. The van der Waals surface area contributed by atoms with Crippen LogP contribution >= 0.6 is 0 Å². The molecule has 2 saturated carbocycles. The lowest BCUT2D eigenvalue weighted by molar-refractivity contribution is 0.440. The molecule has 3 rings (SSSR count). The van der Waals surface area contributed by atoms with Gasteiger partial charge >= 0.3 is 0 Å². The Morgan fingerprint density at radius 3 is 2.81 bits per heavy atom. The topological polar surface area (TPSA) is 38.0 Å². The molecule has 86 valence electrons. The SMILES string of the molecule is Cc1ccc(N)c(NC2CC3CCC2C3)c1. The Morgan fingerprint density at radius 1 is 1.25 bits per heavy atom. The number of rotatable bonds is 2. The molecule has 2 aliphatic rings. The van der Waals surface area contributed by atoms with E-state index < -0.39 is 0 Å². The zero-order chi connectivity index (χ0) is 11.1. The summed E-state index contributed by atoms with van der Waals surface area (Å²) in [4.78, 5) is 0. The molecule has 2 aliphatic carbocycles. The van der Waals surface area contributed by atoms with Crippen LogP contribution in [0.3, 0.4) is 0 Å². The van der Waals surface area contributed by atoms with Gasteiger partial charge in [0.05, 0.1) is 11.4 Å². The van der Waals surface area contributed by atoms with Crippen molar-refractivity contribution < 1.29 is 0 Å². The van der Waals surface area contributed by atoms with Crippen molar-refractivity contribution in [3.05, 3.63) is 23.8 Å². The number of hydrogen-bond donors (Lipinski definition) is 2. The minimum atomic E-state index is 0.669. The van der Waals surface area contributed by atoms with Gasteiger partial charge in [-0.2, -0.15) is 0 Å². The van der Waals surface area contributed by atoms with E-state index in [1.165, 1.54) is 31.2 Å². The third kappa shape index (κ3) is 1.66. The Morgan fingerprint density at radius 2 is 2.12 bits per heavy atom. The highest BCUT2D eigenvalue weighted by molar-refractivity contribution is 5.67. The van der Waals surface area contributed by atoms with E-state index in [1.54, 1.807) is 0 Å². The molecule has 2 nitrogen and oxygen atoms in total. The zero-order valence-corrected chi connectivity index (χ0v) is 9.87. The first-order valence-corrected chi connectivity index (χ1v) is 6.35. The average molecular weight is 216 g/mol. The Balaban J connectivity index is 1.76. The normalized spacial score (nSPS) is 31.9. The summed E-state index contributed by atoms with van der Waals surface area (Å²) in [5.41, 5.74) is 9.30. The molecule has 0 saturated heterocycles. The third-order valence-electron chi connectivity index (χ3n) is 4.29. The van der Waals surface area contributed by atoms with Crippen molar-refractivity contribution in [3.63, 3.8) is 0 Å². The number of hydrogen-bond acceptors (Lipinski definition) is 2. The maximum absolute atomic E-state index is 6.00. The third-order valence-corrected chi connectivity index (χ3v) is 4.29. The molecule has 1 aromatic rings. The molecule has 3 unspecified atom stereocenters. The maximum atomic E-state index is 6.00. The fraction of sp³-hybridized carbons (Fsp3) is 0.571. The second-order valence-electron chi connectivity index (χ2n) is 5.52. The van der Waals surface area contributed by atoms with Crippen LogP contribution in [0.5, 0.6) is 0 Å². The molecule has 2 fully saturated rings. The lowest BCUT2D eigenvalue weighted by Gasteiger charge is -2.25. The van der Waals surface area contributed by atoms with E-state index in [2.05, 4.69) is 24.4 Å². The second kappa shape index (κ2) is 3.69. The van der Waals surface area contributed by atoms with Gasteiger partial charge in [-0.05, 0) is 55.7 Å². The van der Waals surface area contributed by atoms with Gasteiger partial charge in [0.1, 0.15) is 0 Å². The van der Waals surface area contributed by atoms with Crippen LogP contribution in [-0.4, -0.2) is 6.04 Å². The lowest BCUT2D eigenvalue weighted by atomic mass is 9.95. The summed E-state index contributed by atoms with van der Waals surface area (Å²) >= 11 is 0. The standard InChI is InChI=1S/C14H20N2/c1-9-2-5-12(15)14(6-9)16-13-8-10-3-4-11(13)7-10/h2,5-6,10-11,13,16H,3-4,7-8,15H2,1H3. The lowest BCUT2D eigenvalue weighted by Crippen LogP contribution is -2.26. The van der Waals surface area contributed by atoms with Gasteiger partial charge in [-0.1, -0.05) is 12.5 Å². The summed E-state index contributed by atoms with van der Waals surface area (Å²) in [5.74, 6) is 1.87. The fourth-order valence-corrected chi connectivity index (χ4v) is 3.42. The van der Waals surface area contributed by atoms with E-state index in [-0.39, 0.29) is 0 Å². The number of anilines is 2. The van der Waals surface area contributed by atoms with Crippen LogP contribution in [0.4, 0.5) is 11.4 Å². The Labute approximate surface area is 97.2 Å². The average Bonchev–Trinajstić information content (AvgIpc) is 2.85. The van der Waals surface area contributed by atoms with Gasteiger partial charge in [-0.15, -0.1) is 0 Å². The van der Waals surface area contributed by atoms with E-state index in [0.29, 0.717) is 6.04 Å². The number of aryl methyl sites for hydroxylation is 1. The first kappa shape index (κ1) is 10.0. The van der Waals surface area contributed by atoms with E-state index in [0.717, 1.165) is 23.2 Å². The fourth-order valence-electron chi connectivity index (χ4n) is 3.42. The molecule has 0 amide bonds. The van der Waals surface area contributed by atoms with Crippen molar-refractivity contribution in [3.8, 4) is 0 Å². The summed E-state index contributed by atoms with van der Waals surface area (Å²) < 4.78 is 0. The quantitative estimate of drug-likeness (QED) is 0.745. The zero-order valence-electron chi connectivity index (χ0n) is 9.87. The molecule has 0 heterocycles. The molecule has 3 atom stereocenters. The molecule has 1 aromatic carbocycles. The van der Waals surface area contributed by atoms with Crippen molar-refractivity contribution in [1.82, 2.24) is 0 Å². The van der Waals surface area contributed by atoms with Gasteiger partial charge in [0.2, 0.25) is 0 Å². The molecule has 2 heteroatoms. The van der Waals surface area contributed by atoms with Gasteiger partial charge in [-0.25, -0.2) is 0 Å². The smallest absolute Gasteiger partial charge is 0.0578 e. The maximum Gasteiger partial charge on any atom is 0.0578 e. The Hall–Kier alpha value is -1.18. The van der Waals surface area contributed by atoms with Crippen molar-refractivity contribution in [2.75, 3.05) is 11.1 Å².